The highest BCUT2D eigenvalue weighted by molar-refractivity contribution is 7.89. The Bertz CT molecular complexity index is 758. The molecule has 0 spiro atoms. The largest absolute Gasteiger partial charge is 0.452 e. The van der Waals surface area contributed by atoms with Crippen molar-refractivity contribution in [3.05, 3.63) is 29.6 Å². The van der Waals surface area contributed by atoms with Crippen molar-refractivity contribution in [2.24, 2.45) is 0 Å². The Kier molecular flexibility index (Phi) is 7.10. The fourth-order valence-electron chi connectivity index (χ4n) is 2.74. The van der Waals surface area contributed by atoms with Gasteiger partial charge in [0.1, 0.15) is 5.82 Å². The molecule has 1 N–H and O–H groups in total. The van der Waals surface area contributed by atoms with Crippen molar-refractivity contribution in [2.75, 3.05) is 26.7 Å². The first-order chi connectivity index (χ1) is 12.3. The van der Waals surface area contributed by atoms with Crippen molar-refractivity contribution >= 4 is 21.9 Å². The zero-order valence-electron chi connectivity index (χ0n) is 14.7. The van der Waals surface area contributed by atoms with Crippen LogP contribution in [0.5, 0.6) is 0 Å². The quantitative estimate of drug-likeness (QED) is 0.778. The van der Waals surface area contributed by atoms with Crippen LogP contribution in [0.15, 0.2) is 23.1 Å². The molecule has 7 nitrogen and oxygen atoms in total. The van der Waals surface area contributed by atoms with Gasteiger partial charge in [-0.2, -0.15) is 0 Å². The van der Waals surface area contributed by atoms with Crippen molar-refractivity contribution in [3.63, 3.8) is 0 Å². The van der Waals surface area contributed by atoms with Crippen molar-refractivity contribution in [3.8, 4) is 0 Å². The molecule has 0 aromatic heterocycles. The first kappa shape index (κ1) is 20.3. The predicted molar refractivity (Wildman–Crippen MR) is 92.6 cm³/mol. The molecular formula is C17H23FN2O5S. The smallest absolute Gasteiger partial charge is 0.341 e. The maximum absolute atomic E-state index is 13.9. The molecule has 1 aromatic carbocycles. The molecule has 1 amide bonds. The molecule has 1 saturated heterocycles. The van der Waals surface area contributed by atoms with Crippen LogP contribution in [0.2, 0.25) is 0 Å². The second-order valence-corrected chi connectivity index (χ2v) is 7.96. The third-order valence-corrected chi connectivity index (χ3v) is 5.68. The van der Waals surface area contributed by atoms with Crippen molar-refractivity contribution in [1.29, 1.82) is 0 Å². The van der Waals surface area contributed by atoms with Gasteiger partial charge in [0.2, 0.25) is 10.0 Å². The molecule has 0 atom stereocenters. The number of ether oxygens (including phenoxy) is 1. The highest BCUT2D eigenvalue weighted by Gasteiger charge is 2.21. The molecule has 144 valence electrons. The molecule has 1 aliphatic rings. The molecule has 9 heteroatoms. The van der Waals surface area contributed by atoms with Gasteiger partial charge in [-0.3, -0.25) is 4.79 Å². The van der Waals surface area contributed by atoms with Crippen LogP contribution in [0, 0.1) is 5.82 Å². The summed E-state index contributed by atoms with van der Waals surface area (Å²) in [5.41, 5.74) is -0.526. The molecule has 0 saturated carbocycles. The maximum Gasteiger partial charge on any atom is 0.341 e. The van der Waals surface area contributed by atoms with E-state index in [-0.39, 0.29) is 10.8 Å². The number of carbonyl (C=O) groups is 2. The Labute approximate surface area is 152 Å². The summed E-state index contributed by atoms with van der Waals surface area (Å²) in [6.45, 7) is 0.725. The first-order valence-corrected chi connectivity index (χ1v) is 10.0. The SMILES string of the molecule is CNS(=O)(=O)c1ccc(F)c(C(=O)OCC(=O)N2CCCCCCC2)c1. The summed E-state index contributed by atoms with van der Waals surface area (Å²) < 4.78 is 44.4. The van der Waals surface area contributed by atoms with E-state index in [2.05, 4.69) is 4.72 Å². The molecule has 0 bridgehead atoms. The van der Waals surface area contributed by atoms with Crippen LogP contribution in [0.25, 0.3) is 0 Å². The maximum atomic E-state index is 13.9. The van der Waals surface area contributed by atoms with Gasteiger partial charge in [-0.15, -0.1) is 0 Å². The minimum Gasteiger partial charge on any atom is -0.452 e. The molecule has 1 aliphatic heterocycles. The lowest BCUT2D eigenvalue weighted by molar-refractivity contribution is -0.134. The zero-order chi connectivity index (χ0) is 19.2. The number of likely N-dealkylation sites (tertiary alicyclic amines) is 1. The van der Waals surface area contributed by atoms with E-state index in [0.29, 0.717) is 13.1 Å². The van der Waals surface area contributed by atoms with Crippen molar-refractivity contribution in [2.45, 2.75) is 37.0 Å². The van der Waals surface area contributed by atoms with E-state index in [1.54, 1.807) is 4.90 Å². The van der Waals surface area contributed by atoms with Gasteiger partial charge in [-0.25, -0.2) is 22.3 Å². The lowest BCUT2D eigenvalue weighted by atomic mass is 10.1. The summed E-state index contributed by atoms with van der Waals surface area (Å²) in [6, 6.07) is 2.81. The van der Waals surface area contributed by atoms with Gasteiger partial charge >= 0.3 is 5.97 Å². The zero-order valence-corrected chi connectivity index (χ0v) is 15.5. The average molecular weight is 386 g/mol. The summed E-state index contributed by atoms with van der Waals surface area (Å²) in [7, 11) is -2.62. The molecule has 0 aliphatic carbocycles. The number of benzene rings is 1. The van der Waals surface area contributed by atoms with E-state index >= 15 is 0 Å². The minimum absolute atomic E-state index is 0.261. The molecule has 1 aromatic rings. The van der Waals surface area contributed by atoms with Crippen molar-refractivity contribution in [1.82, 2.24) is 9.62 Å². The van der Waals surface area contributed by atoms with Crippen LogP contribution in [-0.4, -0.2) is 51.9 Å². The highest BCUT2D eigenvalue weighted by Crippen LogP contribution is 2.16. The van der Waals surface area contributed by atoms with Gasteiger partial charge in [0.25, 0.3) is 5.91 Å². The summed E-state index contributed by atoms with van der Waals surface area (Å²) in [4.78, 5) is 25.7. The number of amides is 1. The number of sulfonamides is 1. The monoisotopic (exact) mass is 386 g/mol. The Morgan fingerprint density at radius 1 is 1.15 bits per heavy atom. The molecule has 0 radical (unpaired) electrons. The van der Waals surface area contributed by atoms with E-state index < -0.39 is 34.0 Å². The van der Waals surface area contributed by atoms with E-state index in [9.17, 15) is 22.4 Å². The molecular weight excluding hydrogens is 363 g/mol. The van der Waals surface area contributed by atoms with Crippen LogP contribution < -0.4 is 4.72 Å². The highest BCUT2D eigenvalue weighted by atomic mass is 32.2. The second kappa shape index (κ2) is 9.09. The average Bonchev–Trinajstić information content (AvgIpc) is 2.59. The van der Waals surface area contributed by atoms with Crippen LogP contribution in [0.3, 0.4) is 0 Å². The van der Waals surface area contributed by atoms with Crippen LogP contribution >= 0.6 is 0 Å². The summed E-state index contributed by atoms with van der Waals surface area (Å²) in [5.74, 6) is -2.32. The Morgan fingerprint density at radius 3 is 2.38 bits per heavy atom. The number of halogens is 1. The van der Waals surface area contributed by atoms with Crippen LogP contribution in [0.1, 0.15) is 42.5 Å². The molecule has 0 unspecified atom stereocenters. The van der Waals surface area contributed by atoms with Crippen LogP contribution in [-0.2, 0) is 19.6 Å². The van der Waals surface area contributed by atoms with E-state index in [1.807, 2.05) is 0 Å². The molecule has 1 heterocycles. The summed E-state index contributed by atoms with van der Waals surface area (Å²) in [5, 5.41) is 0. The Balaban J connectivity index is 2.03. The predicted octanol–water partition coefficient (Wildman–Crippen LogP) is 1.68. The second-order valence-electron chi connectivity index (χ2n) is 6.07. The minimum atomic E-state index is -3.83. The van der Waals surface area contributed by atoms with E-state index in [1.165, 1.54) is 7.05 Å². The standard InChI is InChI=1S/C17H23FN2O5S/c1-19-26(23,24)13-7-8-15(18)14(11-13)17(22)25-12-16(21)20-9-5-3-2-4-6-10-20/h7-8,11,19H,2-6,9-10,12H2,1H3. The van der Waals surface area contributed by atoms with Gasteiger partial charge in [0.05, 0.1) is 10.5 Å². The van der Waals surface area contributed by atoms with Gasteiger partial charge in [-0.1, -0.05) is 19.3 Å². The fraction of sp³-hybridized carbons (Fsp3) is 0.529. The van der Waals surface area contributed by atoms with E-state index in [4.69, 9.17) is 4.74 Å². The van der Waals surface area contributed by atoms with Crippen molar-refractivity contribution < 1.29 is 27.1 Å². The number of hydrogen-bond donors (Lipinski definition) is 1. The topological polar surface area (TPSA) is 92.8 Å². The molecule has 26 heavy (non-hydrogen) atoms. The van der Waals surface area contributed by atoms with Gasteiger partial charge < -0.3 is 9.64 Å². The fourth-order valence-corrected chi connectivity index (χ4v) is 3.49. The first-order valence-electron chi connectivity index (χ1n) is 8.53. The van der Waals surface area contributed by atoms with E-state index in [0.717, 1.165) is 50.3 Å². The number of rotatable bonds is 5. The number of carbonyl (C=O) groups excluding carboxylic acids is 2. The van der Waals surface area contributed by atoms with Gasteiger partial charge in [0, 0.05) is 13.1 Å². The Morgan fingerprint density at radius 2 is 1.77 bits per heavy atom. The van der Waals surface area contributed by atoms with Gasteiger partial charge in [0.15, 0.2) is 6.61 Å². The molecule has 1 fully saturated rings. The number of esters is 1. The van der Waals surface area contributed by atoms with Crippen LogP contribution in [0.4, 0.5) is 4.39 Å². The third kappa shape index (κ3) is 5.25. The summed E-state index contributed by atoms with van der Waals surface area (Å²) in [6.07, 6.45) is 5.07. The van der Waals surface area contributed by atoms with Gasteiger partial charge in [-0.05, 0) is 38.1 Å². The number of nitrogens with one attached hydrogen (secondary N) is 1. The number of hydrogen-bond acceptors (Lipinski definition) is 5. The normalized spacial score (nSPS) is 15.8. The number of nitrogens with zero attached hydrogens (tertiary/aromatic N) is 1. The lowest BCUT2D eigenvalue weighted by Crippen LogP contribution is -2.37. The summed E-state index contributed by atoms with van der Waals surface area (Å²) >= 11 is 0. The molecule has 2 rings (SSSR count). The Hall–Kier alpha value is -2.00. The lowest BCUT2D eigenvalue weighted by Gasteiger charge is -2.24. The third-order valence-electron chi connectivity index (χ3n) is 4.27.